The summed E-state index contributed by atoms with van der Waals surface area (Å²) in [4.78, 5) is 15.1. The van der Waals surface area contributed by atoms with Gasteiger partial charge in [0.15, 0.2) is 6.10 Å². The zero-order valence-corrected chi connectivity index (χ0v) is 18.4. The highest BCUT2D eigenvalue weighted by molar-refractivity contribution is 7.89. The van der Waals surface area contributed by atoms with Gasteiger partial charge in [-0.15, -0.1) is 0 Å². The molecular formula is C22H28N2O4S. The van der Waals surface area contributed by atoms with Crippen LogP contribution in [0.1, 0.15) is 30.0 Å². The Bertz CT molecular complexity index is 1010. The van der Waals surface area contributed by atoms with Gasteiger partial charge in [-0.3, -0.25) is 4.79 Å². The number of rotatable bonds is 6. The van der Waals surface area contributed by atoms with E-state index in [1.165, 1.54) is 18.4 Å². The summed E-state index contributed by atoms with van der Waals surface area (Å²) in [5, 5.41) is 0. The molecule has 0 fully saturated rings. The monoisotopic (exact) mass is 416 g/mol. The Morgan fingerprint density at radius 3 is 2.38 bits per heavy atom. The predicted octanol–water partition coefficient (Wildman–Crippen LogP) is 3.30. The van der Waals surface area contributed by atoms with E-state index in [-0.39, 0.29) is 10.8 Å². The van der Waals surface area contributed by atoms with Crippen molar-refractivity contribution in [3.63, 3.8) is 0 Å². The zero-order chi connectivity index (χ0) is 21.3. The molecule has 0 bridgehead atoms. The molecule has 0 saturated carbocycles. The predicted molar refractivity (Wildman–Crippen MR) is 114 cm³/mol. The third-order valence-electron chi connectivity index (χ3n) is 5.11. The molecule has 6 nitrogen and oxygen atoms in total. The van der Waals surface area contributed by atoms with Gasteiger partial charge in [-0.25, -0.2) is 12.7 Å². The molecule has 29 heavy (non-hydrogen) atoms. The number of carbonyl (C=O) groups is 1. The topological polar surface area (TPSA) is 66.9 Å². The molecule has 2 aromatic carbocycles. The Kier molecular flexibility index (Phi) is 6.00. The molecule has 0 radical (unpaired) electrons. The fourth-order valence-electron chi connectivity index (χ4n) is 3.63. The summed E-state index contributed by atoms with van der Waals surface area (Å²) in [6.07, 6.45) is 0.579. The molecule has 156 valence electrons. The van der Waals surface area contributed by atoms with Gasteiger partial charge < -0.3 is 9.64 Å². The second-order valence-electron chi connectivity index (χ2n) is 7.66. The molecule has 3 rings (SSSR count). The maximum atomic E-state index is 13.2. The Hall–Kier alpha value is -2.38. The van der Waals surface area contributed by atoms with Gasteiger partial charge in [0.05, 0.1) is 4.90 Å². The molecule has 0 aromatic heterocycles. The summed E-state index contributed by atoms with van der Waals surface area (Å²) in [5.41, 5.74) is 3.80. The Morgan fingerprint density at radius 2 is 1.79 bits per heavy atom. The molecule has 1 aliphatic rings. The van der Waals surface area contributed by atoms with Crippen LogP contribution in [0.5, 0.6) is 5.75 Å². The maximum Gasteiger partial charge on any atom is 0.268 e. The van der Waals surface area contributed by atoms with Crippen LogP contribution in [0, 0.1) is 13.8 Å². The van der Waals surface area contributed by atoms with E-state index in [2.05, 4.69) is 6.07 Å². The van der Waals surface area contributed by atoms with Gasteiger partial charge in [-0.1, -0.05) is 13.0 Å². The zero-order valence-electron chi connectivity index (χ0n) is 17.6. The highest BCUT2D eigenvalue weighted by Crippen LogP contribution is 2.32. The molecule has 1 heterocycles. The number of sulfonamides is 1. The van der Waals surface area contributed by atoms with Gasteiger partial charge in [-0.2, -0.15) is 0 Å². The van der Waals surface area contributed by atoms with Crippen molar-refractivity contribution in [3.8, 4) is 5.75 Å². The number of nitrogens with zero attached hydrogens (tertiary/aromatic N) is 2. The molecule has 2 aromatic rings. The number of ether oxygens (including phenoxy) is 1. The molecule has 1 atom stereocenters. The van der Waals surface area contributed by atoms with E-state index in [4.69, 9.17) is 4.74 Å². The third-order valence-corrected chi connectivity index (χ3v) is 6.92. The second-order valence-corrected chi connectivity index (χ2v) is 9.81. The van der Waals surface area contributed by atoms with E-state index >= 15 is 0 Å². The standard InChI is InChI=1S/C22H28N2O4S/c1-6-21(28-18-12-15(2)11-16(3)13-18)22(25)24-10-9-17-14-19(7-8-20(17)24)29(26,27)23(4)5/h7-8,11-14,21H,6,9-10H2,1-5H3. The van der Waals surface area contributed by atoms with Gasteiger partial charge >= 0.3 is 0 Å². The van der Waals surface area contributed by atoms with Gasteiger partial charge in [0.1, 0.15) is 5.75 Å². The summed E-state index contributed by atoms with van der Waals surface area (Å²) >= 11 is 0. The lowest BCUT2D eigenvalue weighted by Crippen LogP contribution is -2.41. The number of carbonyl (C=O) groups excluding carboxylic acids is 1. The first-order valence-electron chi connectivity index (χ1n) is 9.75. The van der Waals surface area contributed by atoms with Crippen molar-refractivity contribution >= 4 is 21.6 Å². The van der Waals surface area contributed by atoms with E-state index in [1.54, 1.807) is 23.1 Å². The summed E-state index contributed by atoms with van der Waals surface area (Å²) in [6.45, 7) is 6.44. The summed E-state index contributed by atoms with van der Waals surface area (Å²) in [7, 11) is -0.484. The first-order chi connectivity index (χ1) is 13.6. The highest BCUT2D eigenvalue weighted by Gasteiger charge is 2.32. The molecule has 7 heteroatoms. The molecule has 0 spiro atoms. The number of hydrogen-bond donors (Lipinski definition) is 0. The largest absolute Gasteiger partial charge is 0.481 e. The Balaban J connectivity index is 1.84. The number of anilines is 1. The van der Waals surface area contributed by atoms with Crippen molar-refractivity contribution in [2.45, 2.75) is 44.6 Å². The second kappa shape index (κ2) is 8.16. The molecular weight excluding hydrogens is 388 g/mol. The summed E-state index contributed by atoms with van der Waals surface area (Å²) < 4.78 is 32.0. The fourth-order valence-corrected chi connectivity index (χ4v) is 4.58. The SMILES string of the molecule is CCC(Oc1cc(C)cc(C)c1)C(=O)N1CCc2cc(S(=O)(=O)N(C)C)ccc21. The Morgan fingerprint density at radius 1 is 1.14 bits per heavy atom. The van der Waals surface area contributed by atoms with Crippen LogP contribution in [0.4, 0.5) is 5.69 Å². The molecule has 0 aliphatic carbocycles. The molecule has 0 saturated heterocycles. The van der Waals surface area contributed by atoms with Gasteiger partial charge in [-0.05, 0) is 73.7 Å². The van der Waals surface area contributed by atoms with Crippen molar-refractivity contribution < 1.29 is 17.9 Å². The third kappa shape index (κ3) is 4.31. The van der Waals surface area contributed by atoms with E-state index in [0.29, 0.717) is 25.1 Å². The number of benzene rings is 2. The van der Waals surface area contributed by atoms with Gasteiger partial charge in [0.2, 0.25) is 10.0 Å². The lowest BCUT2D eigenvalue weighted by molar-refractivity contribution is -0.125. The minimum Gasteiger partial charge on any atom is -0.481 e. The van der Waals surface area contributed by atoms with Crippen LogP contribution in [0.15, 0.2) is 41.3 Å². The van der Waals surface area contributed by atoms with Crippen LogP contribution < -0.4 is 9.64 Å². The van der Waals surface area contributed by atoms with Crippen LogP contribution in [0.2, 0.25) is 0 Å². The normalized spacial score (nSPS) is 14.8. The van der Waals surface area contributed by atoms with Crippen molar-refractivity contribution in [2.24, 2.45) is 0 Å². The fraction of sp³-hybridized carbons (Fsp3) is 0.409. The average molecular weight is 417 g/mol. The minimum absolute atomic E-state index is 0.103. The van der Waals surface area contributed by atoms with E-state index < -0.39 is 16.1 Å². The number of fused-ring (bicyclic) bond motifs is 1. The lowest BCUT2D eigenvalue weighted by atomic mass is 10.1. The summed E-state index contributed by atoms with van der Waals surface area (Å²) in [6, 6.07) is 10.9. The van der Waals surface area contributed by atoms with Crippen LogP contribution in [-0.2, 0) is 21.2 Å². The lowest BCUT2D eigenvalue weighted by Gasteiger charge is -2.24. The van der Waals surface area contributed by atoms with E-state index in [9.17, 15) is 13.2 Å². The maximum absolute atomic E-state index is 13.2. The molecule has 1 amide bonds. The number of amides is 1. The van der Waals surface area contributed by atoms with Crippen molar-refractivity contribution in [2.75, 3.05) is 25.5 Å². The van der Waals surface area contributed by atoms with Crippen LogP contribution in [0.3, 0.4) is 0 Å². The quantitative estimate of drug-likeness (QED) is 0.725. The average Bonchev–Trinajstić information content (AvgIpc) is 3.07. The molecule has 1 aliphatic heterocycles. The smallest absolute Gasteiger partial charge is 0.268 e. The number of aryl methyl sites for hydroxylation is 2. The first-order valence-corrected chi connectivity index (χ1v) is 11.2. The van der Waals surface area contributed by atoms with Gasteiger partial charge in [0, 0.05) is 26.3 Å². The number of hydrogen-bond acceptors (Lipinski definition) is 4. The molecule has 1 unspecified atom stereocenters. The first kappa shape index (κ1) is 21.3. The van der Waals surface area contributed by atoms with E-state index in [0.717, 1.165) is 22.4 Å². The summed E-state index contributed by atoms with van der Waals surface area (Å²) in [5.74, 6) is 0.586. The Labute approximate surface area is 173 Å². The molecule has 0 N–H and O–H groups in total. The van der Waals surface area contributed by atoms with Crippen LogP contribution in [0.25, 0.3) is 0 Å². The van der Waals surface area contributed by atoms with Crippen molar-refractivity contribution in [3.05, 3.63) is 53.1 Å². The minimum atomic E-state index is -3.50. The van der Waals surface area contributed by atoms with Crippen LogP contribution in [-0.4, -0.2) is 45.4 Å². The van der Waals surface area contributed by atoms with Crippen molar-refractivity contribution in [1.29, 1.82) is 0 Å². The van der Waals surface area contributed by atoms with Crippen LogP contribution >= 0.6 is 0 Å². The van der Waals surface area contributed by atoms with Crippen molar-refractivity contribution in [1.82, 2.24) is 4.31 Å². The van der Waals surface area contributed by atoms with E-state index in [1.807, 2.05) is 32.9 Å². The highest BCUT2D eigenvalue weighted by atomic mass is 32.2. The van der Waals surface area contributed by atoms with Gasteiger partial charge in [0.25, 0.3) is 5.91 Å².